The first kappa shape index (κ1) is 17.3. The Hall–Kier alpha value is -1.08. The van der Waals surface area contributed by atoms with Crippen LogP contribution in [0.1, 0.15) is 50.2 Å². The number of rotatable bonds is 6. The standard InChI is InChI=1S/C18H28N4O2S/c1-25-11-15-19-16(24-20-15)10-21-8-2-6-18(12-21)7-5-17(23)22(13-18)9-14-3-4-14/h14H,2-13H2,1H3/t18-/m0/s1. The van der Waals surface area contributed by atoms with E-state index in [9.17, 15) is 4.79 Å². The average Bonchev–Trinajstić information content (AvgIpc) is 3.31. The first-order chi connectivity index (χ1) is 12.2. The molecule has 1 aliphatic carbocycles. The van der Waals surface area contributed by atoms with Gasteiger partial charge in [0.2, 0.25) is 11.8 Å². The van der Waals surface area contributed by atoms with Crippen LogP contribution in [0.2, 0.25) is 0 Å². The summed E-state index contributed by atoms with van der Waals surface area (Å²) in [7, 11) is 0. The van der Waals surface area contributed by atoms with Gasteiger partial charge in [-0.25, -0.2) is 0 Å². The molecule has 1 aromatic rings. The Kier molecular flexibility index (Phi) is 5.04. The van der Waals surface area contributed by atoms with E-state index in [2.05, 4.69) is 19.9 Å². The molecule has 0 N–H and O–H groups in total. The van der Waals surface area contributed by atoms with Gasteiger partial charge in [0, 0.05) is 31.5 Å². The Morgan fingerprint density at radius 2 is 2.20 bits per heavy atom. The number of amides is 1. The molecule has 1 amide bonds. The van der Waals surface area contributed by atoms with Crippen LogP contribution in [0.4, 0.5) is 0 Å². The summed E-state index contributed by atoms with van der Waals surface area (Å²) in [5.41, 5.74) is 0.267. The summed E-state index contributed by atoms with van der Waals surface area (Å²) >= 11 is 1.71. The molecule has 1 saturated carbocycles. The Labute approximate surface area is 153 Å². The molecule has 0 bridgehead atoms. The second kappa shape index (κ2) is 7.27. The molecule has 6 nitrogen and oxygen atoms in total. The highest BCUT2D eigenvalue weighted by atomic mass is 32.2. The molecule has 0 unspecified atom stereocenters. The molecule has 2 aliphatic heterocycles. The normalized spacial score (nSPS) is 28.0. The number of thioether (sulfide) groups is 1. The van der Waals surface area contributed by atoms with Gasteiger partial charge in [-0.05, 0) is 50.8 Å². The van der Waals surface area contributed by atoms with E-state index in [-0.39, 0.29) is 5.41 Å². The van der Waals surface area contributed by atoms with E-state index in [1.54, 1.807) is 11.8 Å². The van der Waals surface area contributed by atoms with Crippen molar-refractivity contribution < 1.29 is 9.32 Å². The zero-order valence-corrected chi connectivity index (χ0v) is 15.9. The second-order valence-electron chi connectivity index (χ2n) is 8.07. The van der Waals surface area contributed by atoms with Crippen molar-refractivity contribution >= 4 is 17.7 Å². The molecule has 3 heterocycles. The molecule has 1 atom stereocenters. The van der Waals surface area contributed by atoms with Gasteiger partial charge in [-0.2, -0.15) is 16.7 Å². The monoisotopic (exact) mass is 364 g/mol. The van der Waals surface area contributed by atoms with Gasteiger partial charge >= 0.3 is 0 Å². The van der Waals surface area contributed by atoms with Crippen LogP contribution in [-0.4, -0.2) is 58.3 Å². The van der Waals surface area contributed by atoms with E-state index in [0.717, 1.165) is 69.0 Å². The number of carbonyl (C=O) groups is 1. The SMILES string of the molecule is CSCc1noc(CN2CCC[C@]3(CCC(=O)N(CC4CC4)C3)C2)n1. The largest absolute Gasteiger partial charge is 0.342 e. The molecule has 1 aromatic heterocycles. The molecule has 1 spiro atoms. The van der Waals surface area contributed by atoms with Crippen molar-refractivity contribution in [3.8, 4) is 0 Å². The van der Waals surface area contributed by atoms with Gasteiger partial charge in [0.25, 0.3) is 0 Å². The third-order valence-corrected chi connectivity index (χ3v) is 6.35. The van der Waals surface area contributed by atoms with Crippen molar-refractivity contribution in [1.29, 1.82) is 0 Å². The van der Waals surface area contributed by atoms with Crippen molar-refractivity contribution in [2.24, 2.45) is 11.3 Å². The number of piperidine rings is 2. The zero-order chi connectivity index (χ0) is 17.3. The quantitative estimate of drug-likeness (QED) is 0.773. The minimum absolute atomic E-state index is 0.267. The fraction of sp³-hybridized carbons (Fsp3) is 0.833. The lowest BCUT2D eigenvalue weighted by molar-refractivity contribution is -0.139. The van der Waals surface area contributed by atoms with Gasteiger partial charge in [-0.3, -0.25) is 9.69 Å². The van der Waals surface area contributed by atoms with Crippen LogP contribution >= 0.6 is 11.8 Å². The predicted molar refractivity (Wildman–Crippen MR) is 97.0 cm³/mol. The van der Waals surface area contributed by atoms with Crippen LogP contribution in [0.15, 0.2) is 4.52 Å². The summed E-state index contributed by atoms with van der Waals surface area (Å²) in [6.45, 7) is 4.79. The lowest BCUT2D eigenvalue weighted by Gasteiger charge is -2.48. The molecule has 7 heteroatoms. The van der Waals surface area contributed by atoms with Crippen LogP contribution in [0, 0.1) is 11.3 Å². The number of hydrogen-bond acceptors (Lipinski definition) is 6. The molecule has 3 aliphatic rings. The summed E-state index contributed by atoms with van der Waals surface area (Å²) in [5.74, 6) is 3.45. The first-order valence-corrected chi connectivity index (χ1v) is 10.9. The minimum Gasteiger partial charge on any atom is -0.342 e. The molecule has 2 saturated heterocycles. The van der Waals surface area contributed by atoms with Crippen molar-refractivity contribution in [1.82, 2.24) is 19.9 Å². The third kappa shape index (κ3) is 4.19. The van der Waals surface area contributed by atoms with E-state index in [4.69, 9.17) is 4.52 Å². The Bertz CT molecular complexity index is 618. The maximum Gasteiger partial charge on any atom is 0.240 e. The van der Waals surface area contributed by atoms with Crippen molar-refractivity contribution in [3.05, 3.63) is 11.7 Å². The van der Waals surface area contributed by atoms with Crippen LogP contribution in [0.25, 0.3) is 0 Å². The fourth-order valence-electron chi connectivity index (χ4n) is 4.39. The summed E-state index contributed by atoms with van der Waals surface area (Å²) in [6.07, 6.45) is 8.83. The predicted octanol–water partition coefficient (Wildman–Crippen LogP) is 2.55. The summed E-state index contributed by atoms with van der Waals surface area (Å²) in [5, 5.41) is 4.05. The molecular formula is C18H28N4O2S. The molecule has 4 rings (SSSR count). The van der Waals surface area contributed by atoms with Gasteiger partial charge in [0.1, 0.15) is 0 Å². The molecule has 138 valence electrons. The topological polar surface area (TPSA) is 62.5 Å². The summed E-state index contributed by atoms with van der Waals surface area (Å²) in [6, 6.07) is 0. The number of aromatic nitrogens is 2. The van der Waals surface area contributed by atoms with Gasteiger partial charge in [-0.1, -0.05) is 5.16 Å². The van der Waals surface area contributed by atoms with E-state index in [0.29, 0.717) is 5.91 Å². The van der Waals surface area contributed by atoms with Crippen LogP contribution in [-0.2, 0) is 17.1 Å². The Balaban J connectivity index is 1.38. The first-order valence-electron chi connectivity index (χ1n) is 9.46. The van der Waals surface area contributed by atoms with Gasteiger partial charge in [0.15, 0.2) is 5.82 Å². The van der Waals surface area contributed by atoms with Gasteiger partial charge in [-0.15, -0.1) is 0 Å². The Morgan fingerprint density at radius 1 is 1.32 bits per heavy atom. The van der Waals surface area contributed by atoms with E-state index >= 15 is 0 Å². The molecular weight excluding hydrogens is 336 g/mol. The average molecular weight is 365 g/mol. The number of nitrogens with zero attached hydrogens (tertiary/aromatic N) is 4. The minimum atomic E-state index is 0.267. The number of hydrogen-bond donors (Lipinski definition) is 0. The highest BCUT2D eigenvalue weighted by Gasteiger charge is 2.42. The van der Waals surface area contributed by atoms with Crippen molar-refractivity contribution in [2.75, 3.05) is 32.4 Å². The van der Waals surface area contributed by atoms with E-state index < -0.39 is 0 Å². The number of likely N-dealkylation sites (tertiary alicyclic amines) is 2. The molecule has 0 radical (unpaired) electrons. The van der Waals surface area contributed by atoms with Crippen LogP contribution in [0.5, 0.6) is 0 Å². The third-order valence-electron chi connectivity index (χ3n) is 5.81. The van der Waals surface area contributed by atoms with Crippen molar-refractivity contribution in [3.63, 3.8) is 0 Å². The highest BCUT2D eigenvalue weighted by Crippen LogP contribution is 2.40. The van der Waals surface area contributed by atoms with Crippen LogP contribution in [0.3, 0.4) is 0 Å². The van der Waals surface area contributed by atoms with Gasteiger partial charge < -0.3 is 9.42 Å². The fourth-order valence-corrected chi connectivity index (χ4v) is 4.77. The second-order valence-corrected chi connectivity index (χ2v) is 8.94. The Morgan fingerprint density at radius 3 is 3.00 bits per heavy atom. The molecule has 0 aromatic carbocycles. The molecule has 25 heavy (non-hydrogen) atoms. The maximum atomic E-state index is 12.3. The number of carbonyl (C=O) groups excluding carboxylic acids is 1. The van der Waals surface area contributed by atoms with E-state index in [1.165, 1.54) is 25.7 Å². The van der Waals surface area contributed by atoms with Crippen molar-refractivity contribution in [2.45, 2.75) is 50.8 Å². The highest BCUT2D eigenvalue weighted by molar-refractivity contribution is 7.97. The van der Waals surface area contributed by atoms with Crippen LogP contribution < -0.4 is 0 Å². The van der Waals surface area contributed by atoms with Gasteiger partial charge in [0.05, 0.1) is 12.3 Å². The van der Waals surface area contributed by atoms with E-state index in [1.807, 2.05) is 6.26 Å². The smallest absolute Gasteiger partial charge is 0.240 e. The summed E-state index contributed by atoms with van der Waals surface area (Å²) in [4.78, 5) is 21.4. The maximum absolute atomic E-state index is 12.3. The lowest BCUT2D eigenvalue weighted by atomic mass is 9.73. The summed E-state index contributed by atoms with van der Waals surface area (Å²) < 4.78 is 5.41. The lowest BCUT2D eigenvalue weighted by Crippen LogP contribution is -2.54. The molecule has 3 fully saturated rings. The zero-order valence-electron chi connectivity index (χ0n) is 15.1.